The van der Waals surface area contributed by atoms with Gasteiger partial charge < -0.3 is 20.6 Å². The van der Waals surface area contributed by atoms with Gasteiger partial charge in [0.05, 0.1) is 17.5 Å². The number of aromatic amines is 2. The number of piperidine rings is 1. The number of imidazole rings is 1. The quantitative estimate of drug-likeness (QED) is 0.296. The molecule has 196 valence electrons. The standard InChI is InChI=1S/C27H26N10O2/c1-14(38)21-22(17-10-18-6-7-19(11-17)36(18)27(39)25-31-13-32-35-25)34-26-20(12-33-37(26)23(21)28)15-2-4-16(5-3-15)24-29-8-9-30-24/h2-5,8-9,12-13,17-19H,6-7,10-11,28H2,1H3,(H,29,30)(H,31,32,35)/t17-,18-,19+. The normalized spacial score (nSPS) is 20.5. The monoisotopic (exact) mass is 522 g/mol. The topological polar surface area (TPSA) is 164 Å². The van der Waals surface area contributed by atoms with E-state index in [1.165, 1.54) is 13.3 Å². The van der Waals surface area contributed by atoms with Crippen molar-refractivity contribution in [3.05, 3.63) is 66.3 Å². The summed E-state index contributed by atoms with van der Waals surface area (Å²) in [6.45, 7) is 1.51. The molecule has 7 rings (SSSR count). The van der Waals surface area contributed by atoms with E-state index < -0.39 is 0 Å². The zero-order valence-corrected chi connectivity index (χ0v) is 21.2. The average molecular weight is 523 g/mol. The Balaban J connectivity index is 1.27. The Morgan fingerprint density at radius 3 is 2.44 bits per heavy atom. The summed E-state index contributed by atoms with van der Waals surface area (Å²) in [5.74, 6) is 1.03. The fraction of sp³-hybridized carbons (Fsp3) is 0.296. The zero-order valence-electron chi connectivity index (χ0n) is 21.2. The van der Waals surface area contributed by atoms with Crippen LogP contribution in [0.2, 0.25) is 0 Å². The van der Waals surface area contributed by atoms with Crippen LogP contribution in [0.5, 0.6) is 0 Å². The molecule has 2 bridgehead atoms. The molecule has 4 aromatic heterocycles. The Kier molecular flexibility index (Phi) is 5.28. The molecule has 2 saturated heterocycles. The second-order valence-electron chi connectivity index (χ2n) is 10.2. The minimum Gasteiger partial charge on any atom is -0.383 e. The first-order valence-corrected chi connectivity index (χ1v) is 13.0. The molecular weight excluding hydrogens is 496 g/mol. The van der Waals surface area contributed by atoms with Gasteiger partial charge >= 0.3 is 0 Å². The van der Waals surface area contributed by atoms with Gasteiger partial charge in [0.15, 0.2) is 11.4 Å². The number of hydrogen-bond donors (Lipinski definition) is 3. The third-order valence-corrected chi connectivity index (χ3v) is 8.00. The summed E-state index contributed by atoms with van der Waals surface area (Å²) in [6, 6.07) is 8.04. The molecule has 1 aromatic carbocycles. The SMILES string of the molecule is CC(=O)c1c([C@@H]2C[C@H]3CC[C@@H](C2)N3C(=O)c2nnc[nH]2)nc2c(-c3ccc(-c4ncc[nH]4)cc3)cnn2c1N. The minimum absolute atomic E-state index is 0.0171. The van der Waals surface area contributed by atoms with E-state index in [9.17, 15) is 9.59 Å². The highest BCUT2D eigenvalue weighted by Gasteiger charge is 2.45. The molecule has 2 fully saturated rings. The fourth-order valence-corrected chi connectivity index (χ4v) is 6.29. The summed E-state index contributed by atoms with van der Waals surface area (Å²) in [6.07, 6.45) is 9.84. The van der Waals surface area contributed by atoms with E-state index in [0.717, 1.165) is 35.4 Å². The Labute approximate surface area is 222 Å². The number of aromatic nitrogens is 8. The number of rotatable bonds is 5. The van der Waals surface area contributed by atoms with E-state index >= 15 is 0 Å². The highest BCUT2D eigenvalue weighted by Crippen LogP contribution is 2.45. The molecular formula is C27H26N10O2. The lowest BCUT2D eigenvalue weighted by molar-refractivity contribution is 0.0556. The average Bonchev–Trinajstić information content (AvgIpc) is 3.75. The number of anilines is 1. The summed E-state index contributed by atoms with van der Waals surface area (Å²) >= 11 is 0. The molecule has 1 amide bonds. The summed E-state index contributed by atoms with van der Waals surface area (Å²) < 4.78 is 1.55. The number of carbonyl (C=O) groups is 2. The van der Waals surface area contributed by atoms with Crippen molar-refractivity contribution in [2.45, 2.75) is 50.6 Å². The van der Waals surface area contributed by atoms with Crippen LogP contribution in [0, 0.1) is 0 Å². The van der Waals surface area contributed by atoms with Crippen molar-refractivity contribution in [3.8, 4) is 22.5 Å². The largest absolute Gasteiger partial charge is 0.383 e. The van der Waals surface area contributed by atoms with Crippen LogP contribution < -0.4 is 5.73 Å². The molecule has 6 heterocycles. The van der Waals surface area contributed by atoms with Crippen molar-refractivity contribution in [3.63, 3.8) is 0 Å². The molecule has 4 N–H and O–H groups in total. The van der Waals surface area contributed by atoms with Gasteiger partial charge in [-0.25, -0.2) is 9.97 Å². The third kappa shape index (κ3) is 3.70. The van der Waals surface area contributed by atoms with Crippen LogP contribution in [0.3, 0.4) is 0 Å². The number of nitrogens with two attached hydrogens (primary N) is 1. The number of carbonyl (C=O) groups excluding carboxylic acids is 2. The molecule has 0 spiro atoms. The van der Waals surface area contributed by atoms with E-state index in [1.54, 1.807) is 23.1 Å². The number of fused-ring (bicyclic) bond motifs is 3. The van der Waals surface area contributed by atoms with Gasteiger partial charge in [-0.15, -0.1) is 10.2 Å². The molecule has 0 saturated carbocycles. The molecule has 2 aliphatic heterocycles. The highest BCUT2D eigenvalue weighted by molar-refractivity contribution is 6.00. The van der Waals surface area contributed by atoms with Crippen LogP contribution in [-0.2, 0) is 0 Å². The van der Waals surface area contributed by atoms with Gasteiger partial charge in [0.25, 0.3) is 5.91 Å². The number of ketones is 1. The number of Topliss-reactive ketones (excluding diaryl/α,β-unsaturated/α-hetero) is 1. The minimum atomic E-state index is -0.149. The smallest absolute Gasteiger partial charge is 0.292 e. The summed E-state index contributed by atoms with van der Waals surface area (Å²) in [4.78, 5) is 43.2. The molecule has 0 aliphatic carbocycles. The van der Waals surface area contributed by atoms with Gasteiger partial charge in [-0.3, -0.25) is 9.59 Å². The first-order chi connectivity index (χ1) is 19.0. The fourth-order valence-electron chi connectivity index (χ4n) is 6.29. The molecule has 5 aromatic rings. The van der Waals surface area contributed by atoms with Crippen LogP contribution in [0.25, 0.3) is 28.2 Å². The van der Waals surface area contributed by atoms with Gasteiger partial charge in [-0.2, -0.15) is 9.61 Å². The second-order valence-corrected chi connectivity index (χ2v) is 10.2. The molecule has 3 atom stereocenters. The Morgan fingerprint density at radius 2 is 1.79 bits per heavy atom. The molecule has 12 nitrogen and oxygen atoms in total. The van der Waals surface area contributed by atoms with E-state index in [4.69, 9.17) is 10.7 Å². The van der Waals surface area contributed by atoms with E-state index in [2.05, 4.69) is 30.2 Å². The number of H-pyrrole nitrogens is 2. The van der Waals surface area contributed by atoms with Gasteiger partial charge in [-0.1, -0.05) is 24.3 Å². The van der Waals surface area contributed by atoms with E-state index in [1.807, 2.05) is 29.2 Å². The Morgan fingerprint density at radius 1 is 1.05 bits per heavy atom. The Bertz CT molecular complexity index is 1670. The molecule has 0 unspecified atom stereocenters. The number of nitrogen functional groups attached to an aromatic ring is 1. The maximum atomic E-state index is 13.1. The van der Waals surface area contributed by atoms with Crippen molar-refractivity contribution in [2.24, 2.45) is 0 Å². The van der Waals surface area contributed by atoms with Crippen LogP contribution >= 0.6 is 0 Å². The van der Waals surface area contributed by atoms with Gasteiger partial charge in [-0.05, 0) is 38.2 Å². The van der Waals surface area contributed by atoms with E-state index in [-0.39, 0.29) is 41.3 Å². The summed E-state index contributed by atoms with van der Waals surface area (Å²) in [5, 5.41) is 12.2. The van der Waals surface area contributed by atoms with Crippen LogP contribution in [0.15, 0.2) is 49.2 Å². The van der Waals surface area contributed by atoms with Crippen LogP contribution in [0.4, 0.5) is 5.82 Å². The van der Waals surface area contributed by atoms with Crippen molar-refractivity contribution >= 4 is 23.2 Å². The predicted octanol–water partition coefficient (Wildman–Crippen LogP) is 3.24. The van der Waals surface area contributed by atoms with E-state index in [0.29, 0.717) is 29.7 Å². The third-order valence-electron chi connectivity index (χ3n) is 8.00. The van der Waals surface area contributed by atoms with Gasteiger partial charge in [0.1, 0.15) is 18.0 Å². The number of amides is 1. The first kappa shape index (κ1) is 23.3. The second kappa shape index (κ2) is 8.86. The van der Waals surface area contributed by atoms with Crippen LogP contribution in [-0.4, -0.2) is 68.4 Å². The lowest BCUT2D eigenvalue weighted by Crippen LogP contribution is -2.46. The molecule has 12 heteroatoms. The maximum absolute atomic E-state index is 13.1. The molecule has 2 aliphatic rings. The van der Waals surface area contributed by atoms with Gasteiger partial charge in [0.2, 0.25) is 5.82 Å². The van der Waals surface area contributed by atoms with Crippen molar-refractivity contribution in [1.29, 1.82) is 0 Å². The maximum Gasteiger partial charge on any atom is 0.292 e. The lowest BCUT2D eigenvalue weighted by Gasteiger charge is -2.38. The summed E-state index contributed by atoms with van der Waals surface area (Å²) in [5.41, 5.74) is 11.0. The molecule has 39 heavy (non-hydrogen) atoms. The molecule has 0 radical (unpaired) electrons. The number of nitrogens with zero attached hydrogens (tertiary/aromatic N) is 7. The summed E-state index contributed by atoms with van der Waals surface area (Å²) in [7, 11) is 0. The van der Waals surface area contributed by atoms with Crippen molar-refractivity contribution in [2.75, 3.05) is 5.73 Å². The van der Waals surface area contributed by atoms with Crippen molar-refractivity contribution in [1.82, 2.24) is 44.6 Å². The van der Waals surface area contributed by atoms with Crippen molar-refractivity contribution < 1.29 is 9.59 Å². The zero-order chi connectivity index (χ0) is 26.7. The highest BCUT2D eigenvalue weighted by atomic mass is 16.2. The van der Waals surface area contributed by atoms with Gasteiger partial charge in [0, 0.05) is 41.5 Å². The first-order valence-electron chi connectivity index (χ1n) is 13.0. The van der Waals surface area contributed by atoms with Crippen LogP contribution in [0.1, 0.15) is 65.2 Å². The number of nitrogens with one attached hydrogen (secondary N) is 2. The predicted molar refractivity (Wildman–Crippen MR) is 142 cm³/mol. The lowest BCUT2D eigenvalue weighted by atomic mass is 9.85. The number of hydrogen-bond acceptors (Lipinski definition) is 8. The Hall–Kier alpha value is -4.87. The number of benzene rings is 1.